The second-order valence-electron chi connectivity index (χ2n) is 5.07. The number of halogens is 1. The van der Waals surface area contributed by atoms with E-state index < -0.39 is 0 Å². The quantitative estimate of drug-likeness (QED) is 0.829. The van der Waals surface area contributed by atoms with Crippen molar-refractivity contribution in [3.63, 3.8) is 0 Å². The lowest BCUT2D eigenvalue weighted by Gasteiger charge is -2.21. The molecule has 1 aliphatic carbocycles. The van der Waals surface area contributed by atoms with Gasteiger partial charge < -0.3 is 5.32 Å². The summed E-state index contributed by atoms with van der Waals surface area (Å²) in [6.07, 6.45) is 9.24. The van der Waals surface area contributed by atoms with Crippen molar-refractivity contribution in [2.75, 3.05) is 11.9 Å². The molecule has 1 aromatic rings. The van der Waals surface area contributed by atoms with Crippen LogP contribution in [0, 0.1) is 5.92 Å². The fraction of sp³-hybridized carbons (Fsp3) is 0.714. The van der Waals surface area contributed by atoms with Gasteiger partial charge in [-0.05, 0) is 28.3 Å². The normalized spacial score (nSPS) is 16.8. The van der Waals surface area contributed by atoms with Crippen LogP contribution in [0.25, 0.3) is 0 Å². The Morgan fingerprint density at radius 3 is 2.78 bits per heavy atom. The van der Waals surface area contributed by atoms with E-state index in [1.807, 2.05) is 6.07 Å². The zero-order valence-electron chi connectivity index (χ0n) is 11.1. The third kappa shape index (κ3) is 4.23. The molecule has 1 saturated carbocycles. The van der Waals surface area contributed by atoms with Crippen LogP contribution in [0.3, 0.4) is 0 Å². The van der Waals surface area contributed by atoms with Gasteiger partial charge in [-0.2, -0.15) is 0 Å². The second-order valence-corrected chi connectivity index (χ2v) is 5.88. The summed E-state index contributed by atoms with van der Waals surface area (Å²) in [5.41, 5.74) is 0. The number of hydrogen-bond donors (Lipinski definition) is 1. The third-order valence-corrected chi connectivity index (χ3v) is 4.05. The minimum absolute atomic E-state index is 0.870. The molecule has 1 aromatic heterocycles. The molecular formula is C14H22BrN3. The SMILES string of the molecule is CCc1nc(Br)cc(NCCC2CCCCC2)n1. The van der Waals surface area contributed by atoms with Crippen LogP contribution in [-0.4, -0.2) is 16.5 Å². The van der Waals surface area contributed by atoms with Crippen molar-refractivity contribution >= 4 is 21.7 Å². The first-order valence-corrected chi connectivity index (χ1v) is 7.84. The smallest absolute Gasteiger partial charge is 0.131 e. The highest BCUT2D eigenvalue weighted by Crippen LogP contribution is 2.26. The zero-order chi connectivity index (χ0) is 12.8. The minimum atomic E-state index is 0.870. The molecule has 0 bridgehead atoms. The van der Waals surface area contributed by atoms with E-state index in [2.05, 4.69) is 38.1 Å². The monoisotopic (exact) mass is 311 g/mol. The van der Waals surface area contributed by atoms with E-state index in [0.717, 1.165) is 35.1 Å². The number of rotatable bonds is 5. The molecule has 0 aliphatic heterocycles. The van der Waals surface area contributed by atoms with E-state index in [4.69, 9.17) is 0 Å². The van der Waals surface area contributed by atoms with Crippen LogP contribution in [0.5, 0.6) is 0 Å². The summed E-state index contributed by atoms with van der Waals surface area (Å²) < 4.78 is 0.870. The summed E-state index contributed by atoms with van der Waals surface area (Å²) in [7, 11) is 0. The molecule has 0 amide bonds. The Hall–Kier alpha value is -0.640. The van der Waals surface area contributed by atoms with Crippen LogP contribution in [-0.2, 0) is 6.42 Å². The maximum atomic E-state index is 4.48. The van der Waals surface area contributed by atoms with Crippen molar-refractivity contribution in [2.45, 2.75) is 51.9 Å². The van der Waals surface area contributed by atoms with Gasteiger partial charge in [0.15, 0.2) is 0 Å². The second kappa shape index (κ2) is 7.07. The lowest BCUT2D eigenvalue weighted by Crippen LogP contribution is -2.13. The molecule has 4 heteroatoms. The van der Waals surface area contributed by atoms with Crippen LogP contribution in [0.1, 0.15) is 51.3 Å². The number of aromatic nitrogens is 2. The van der Waals surface area contributed by atoms with E-state index in [-0.39, 0.29) is 0 Å². The summed E-state index contributed by atoms with van der Waals surface area (Å²) >= 11 is 3.43. The largest absolute Gasteiger partial charge is 0.370 e. The van der Waals surface area contributed by atoms with Gasteiger partial charge in [0.25, 0.3) is 0 Å². The first kappa shape index (κ1) is 13.8. The van der Waals surface area contributed by atoms with Crippen molar-refractivity contribution in [1.29, 1.82) is 0 Å². The average molecular weight is 312 g/mol. The van der Waals surface area contributed by atoms with Gasteiger partial charge in [0, 0.05) is 19.0 Å². The minimum Gasteiger partial charge on any atom is -0.370 e. The van der Waals surface area contributed by atoms with Gasteiger partial charge in [-0.1, -0.05) is 39.0 Å². The molecule has 0 spiro atoms. The summed E-state index contributed by atoms with van der Waals surface area (Å²) in [4.78, 5) is 8.80. The molecule has 1 fully saturated rings. The Labute approximate surface area is 118 Å². The predicted octanol–water partition coefficient (Wildman–Crippen LogP) is 4.18. The number of aryl methyl sites for hydroxylation is 1. The average Bonchev–Trinajstić information content (AvgIpc) is 2.39. The van der Waals surface area contributed by atoms with E-state index in [1.54, 1.807) is 0 Å². The van der Waals surface area contributed by atoms with Gasteiger partial charge >= 0.3 is 0 Å². The predicted molar refractivity (Wildman–Crippen MR) is 78.8 cm³/mol. The van der Waals surface area contributed by atoms with Crippen LogP contribution in [0.4, 0.5) is 5.82 Å². The van der Waals surface area contributed by atoms with Gasteiger partial charge in [-0.15, -0.1) is 0 Å². The van der Waals surface area contributed by atoms with Gasteiger partial charge in [0.05, 0.1) is 0 Å². The standard InChI is InChI=1S/C14H22BrN3/c1-2-13-17-12(15)10-14(18-13)16-9-8-11-6-4-3-5-7-11/h10-11H,2-9H2,1H3,(H,16,17,18). The summed E-state index contributed by atoms with van der Waals surface area (Å²) in [6.45, 7) is 3.10. The van der Waals surface area contributed by atoms with E-state index in [0.29, 0.717) is 0 Å². The lowest BCUT2D eigenvalue weighted by atomic mass is 9.87. The highest BCUT2D eigenvalue weighted by Gasteiger charge is 2.12. The Morgan fingerprint density at radius 2 is 2.06 bits per heavy atom. The van der Waals surface area contributed by atoms with Crippen LogP contribution < -0.4 is 5.32 Å². The maximum Gasteiger partial charge on any atom is 0.131 e. The molecule has 1 N–H and O–H groups in total. The van der Waals surface area contributed by atoms with E-state index in [1.165, 1.54) is 38.5 Å². The van der Waals surface area contributed by atoms with Crippen molar-refractivity contribution in [2.24, 2.45) is 5.92 Å². The van der Waals surface area contributed by atoms with Gasteiger partial charge in [-0.25, -0.2) is 9.97 Å². The summed E-state index contributed by atoms with van der Waals surface area (Å²) in [5.74, 6) is 2.76. The Bertz CT molecular complexity index is 375. The molecule has 0 atom stereocenters. The highest BCUT2D eigenvalue weighted by molar-refractivity contribution is 9.10. The van der Waals surface area contributed by atoms with Gasteiger partial charge in [-0.3, -0.25) is 0 Å². The van der Waals surface area contributed by atoms with Gasteiger partial charge in [0.1, 0.15) is 16.2 Å². The van der Waals surface area contributed by atoms with E-state index >= 15 is 0 Å². The summed E-state index contributed by atoms with van der Waals surface area (Å²) in [5, 5.41) is 3.43. The molecule has 1 aliphatic rings. The van der Waals surface area contributed by atoms with Crippen molar-refractivity contribution in [3.05, 3.63) is 16.5 Å². The molecule has 0 saturated heterocycles. The lowest BCUT2D eigenvalue weighted by molar-refractivity contribution is 0.345. The Morgan fingerprint density at radius 1 is 1.28 bits per heavy atom. The third-order valence-electron chi connectivity index (χ3n) is 3.64. The van der Waals surface area contributed by atoms with Gasteiger partial charge in [0.2, 0.25) is 0 Å². The molecule has 100 valence electrons. The Balaban J connectivity index is 1.80. The highest BCUT2D eigenvalue weighted by atomic mass is 79.9. The number of nitrogens with zero attached hydrogens (tertiary/aromatic N) is 2. The molecule has 3 nitrogen and oxygen atoms in total. The number of hydrogen-bond acceptors (Lipinski definition) is 3. The van der Waals surface area contributed by atoms with E-state index in [9.17, 15) is 0 Å². The Kier molecular flexibility index (Phi) is 5.42. The summed E-state index contributed by atoms with van der Waals surface area (Å²) in [6, 6.07) is 1.96. The molecule has 0 unspecified atom stereocenters. The maximum absolute atomic E-state index is 4.48. The molecule has 0 aromatic carbocycles. The van der Waals surface area contributed by atoms with Crippen LogP contribution in [0.15, 0.2) is 10.7 Å². The first-order valence-electron chi connectivity index (χ1n) is 7.05. The topological polar surface area (TPSA) is 37.8 Å². The van der Waals surface area contributed by atoms with Crippen molar-refractivity contribution in [3.8, 4) is 0 Å². The molecule has 2 rings (SSSR count). The van der Waals surface area contributed by atoms with Crippen molar-refractivity contribution in [1.82, 2.24) is 9.97 Å². The van der Waals surface area contributed by atoms with Crippen molar-refractivity contribution < 1.29 is 0 Å². The molecule has 0 radical (unpaired) electrons. The number of anilines is 1. The zero-order valence-corrected chi connectivity index (χ0v) is 12.7. The fourth-order valence-electron chi connectivity index (χ4n) is 2.59. The molecular weight excluding hydrogens is 290 g/mol. The van der Waals surface area contributed by atoms with Crippen LogP contribution >= 0.6 is 15.9 Å². The fourth-order valence-corrected chi connectivity index (χ4v) is 3.02. The molecule has 18 heavy (non-hydrogen) atoms. The number of nitrogens with one attached hydrogen (secondary N) is 1. The first-order chi connectivity index (χ1) is 8.78. The molecule has 1 heterocycles. The van der Waals surface area contributed by atoms with Crippen LogP contribution in [0.2, 0.25) is 0 Å².